The van der Waals surface area contributed by atoms with Gasteiger partial charge in [-0.1, -0.05) is 36.0 Å². The molecule has 0 saturated heterocycles. The largest absolute Gasteiger partial charge is 0.508 e. The molecule has 1 aliphatic heterocycles. The number of phenols is 1. The van der Waals surface area contributed by atoms with Crippen LogP contribution >= 0.6 is 11.8 Å². The first-order chi connectivity index (χ1) is 12.5. The van der Waals surface area contributed by atoms with Crippen LogP contribution in [0.3, 0.4) is 0 Å². The molecule has 2 aromatic rings. The number of aliphatic hydroxyl groups is 1. The van der Waals surface area contributed by atoms with Crippen LogP contribution in [0.1, 0.15) is 5.56 Å². The summed E-state index contributed by atoms with van der Waals surface area (Å²) in [6, 6.07) is 12.3. The Labute approximate surface area is 153 Å². The lowest BCUT2D eigenvalue weighted by Crippen LogP contribution is -2.10. The third kappa shape index (κ3) is 3.62. The predicted molar refractivity (Wildman–Crippen MR) is 98.8 cm³/mol. The molecular formula is C19H14FNO4S. The minimum absolute atomic E-state index is 0.0443. The fourth-order valence-corrected chi connectivity index (χ4v) is 3.34. The van der Waals surface area contributed by atoms with Crippen molar-refractivity contribution < 1.29 is 24.1 Å². The number of aliphatic hydroxyl groups excluding tert-OH is 1. The van der Waals surface area contributed by atoms with E-state index in [-0.39, 0.29) is 27.8 Å². The zero-order chi connectivity index (χ0) is 18.7. The van der Waals surface area contributed by atoms with Gasteiger partial charge in [0, 0.05) is 0 Å². The molecule has 0 aliphatic carbocycles. The summed E-state index contributed by atoms with van der Waals surface area (Å²) in [5.74, 6) is -1.56. The Kier molecular flexibility index (Phi) is 5.09. The second kappa shape index (κ2) is 7.45. The van der Waals surface area contributed by atoms with Gasteiger partial charge in [-0.25, -0.2) is 14.2 Å². The summed E-state index contributed by atoms with van der Waals surface area (Å²) < 4.78 is 18.6. The van der Waals surface area contributed by atoms with Gasteiger partial charge < -0.3 is 14.9 Å². The number of nitrogens with zero attached hydrogens (tertiary/aromatic N) is 1. The van der Waals surface area contributed by atoms with E-state index in [0.29, 0.717) is 10.5 Å². The summed E-state index contributed by atoms with van der Waals surface area (Å²) in [4.78, 5) is 16.6. The Morgan fingerprint density at radius 3 is 2.65 bits per heavy atom. The van der Waals surface area contributed by atoms with Crippen molar-refractivity contribution >= 4 is 34.5 Å². The molecule has 26 heavy (non-hydrogen) atoms. The lowest BCUT2D eigenvalue weighted by molar-refractivity contribution is -0.135. The van der Waals surface area contributed by atoms with Gasteiger partial charge in [-0.05, 0) is 35.9 Å². The molecule has 7 heteroatoms. The summed E-state index contributed by atoms with van der Waals surface area (Å²) in [5, 5.41) is 20.1. The van der Waals surface area contributed by atoms with E-state index in [0.717, 1.165) is 11.8 Å². The molecule has 0 spiro atoms. The molecular weight excluding hydrogens is 357 g/mol. The third-order valence-corrected chi connectivity index (χ3v) is 4.54. The van der Waals surface area contributed by atoms with Crippen molar-refractivity contribution in [2.24, 2.45) is 4.99 Å². The molecule has 0 aromatic heterocycles. The van der Waals surface area contributed by atoms with E-state index in [9.17, 15) is 19.4 Å². The second-order valence-electron chi connectivity index (χ2n) is 5.29. The lowest BCUT2D eigenvalue weighted by Gasteiger charge is -2.02. The van der Waals surface area contributed by atoms with Crippen LogP contribution in [0.2, 0.25) is 0 Å². The van der Waals surface area contributed by atoms with Crippen LogP contribution in [0.4, 0.5) is 10.1 Å². The number of benzene rings is 2. The number of rotatable bonds is 3. The molecule has 3 rings (SSSR count). The lowest BCUT2D eigenvalue weighted by atomic mass is 10.1. The van der Waals surface area contributed by atoms with Gasteiger partial charge in [0.2, 0.25) is 0 Å². The molecule has 132 valence electrons. The van der Waals surface area contributed by atoms with Crippen LogP contribution in [0.25, 0.3) is 6.08 Å². The van der Waals surface area contributed by atoms with E-state index in [1.165, 1.54) is 37.4 Å². The van der Waals surface area contributed by atoms with Crippen LogP contribution in [-0.4, -0.2) is 28.3 Å². The maximum Gasteiger partial charge on any atom is 0.344 e. The number of carbonyl (C=O) groups is 1. The van der Waals surface area contributed by atoms with Crippen molar-refractivity contribution in [2.45, 2.75) is 0 Å². The monoisotopic (exact) mass is 371 g/mol. The van der Waals surface area contributed by atoms with Crippen molar-refractivity contribution in [3.8, 4) is 5.75 Å². The molecule has 0 atom stereocenters. The number of ether oxygens (including phenoxy) is 1. The first kappa shape index (κ1) is 17.8. The van der Waals surface area contributed by atoms with E-state index in [4.69, 9.17) is 4.74 Å². The number of aliphatic imine (C=N–C) groups is 1. The second-order valence-corrected chi connectivity index (χ2v) is 6.32. The van der Waals surface area contributed by atoms with Crippen molar-refractivity contribution in [3.63, 3.8) is 0 Å². The van der Waals surface area contributed by atoms with Crippen molar-refractivity contribution in [2.75, 3.05) is 7.11 Å². The average Bonchev–Trinajstić information content (AvgIpc) is 2.92. The summed E-state index contributed by atoms with van der Waals surface area (Å²) in [5.41, 5.74) is 0.533. The Bertz CT molecular complexity index is 966. The fraction of sp³-hybridized carbons (Fsp3) is 0.0526. The van der Waals surface area contributed by atoms with Gasteiger partial charge in [-0.3, -0.25) is 0 Å². The maximum atomic E-state index is 13.9. The van der Waals surface area contributed by atoms with Crippen LogP contribution in [0, 0.1) is 5.82 Å². The third-order valence-electron chi connectivity index (χ3n) is 3.52. The number of halogens is 1. The normalized spacial score (nSPS) is 17.2. The molecule has 0 saturated carbocycles. The quantitative estimate of drug-likeness (QED) is 0.785. The highest BCUT2D eigenvalue weighted by atomic mass is 32.2. The van der Waals surface area contributed by atoms with Crippen LogP contribution in [0.5, 0.6) is 5.75 Å². The Balaban J connectivity index is 2.07. The van der Waals surface area contributed by atoms with Gasteiger partial charge in [0.1, 0.15) is 33.6 Å². The Morgan fingerprint density at radius 2 is 1.96 bits per heavy atom. The molecule has 0 amide bonds. The molecule has 0 radical (unpaired) electrons. The van der Waals surface area contributed by atoms with E-state index in [2.05, 4.69) is 4.99 Å². The number of esters is 1. The van der Waals surface area contributed by atoms with Crippen molar-refractivity contribution in [3.05, 3.63) is 76.1 Å². The standard InChI is InChI=1S/C19H14FNO4S/c1-25-19(24)16-17(23)15(10-11-5-4-6-12(22)9-11)26-18(16)21-14-8-3-2-7-13(14)20/h2-10,22-23H,1H3/b15-10+,21-18?. The Hall–Kier alpha value is -3.06. The summed E-state index contributed by atoms with van der Waals surface area (Å²) >= 11 is 1.01. The van der Waals surface area contributed by atoms with E-state index in [1.54, 1.807) is 24.3 Å². The maximum absolute atomic E-state index is 13.9. The van der Waals surface area contributed by atoms with Gasteiger partial charge in [0.15, 0.2) is 0 Å². The number of phenolic OH excluding ortho intramolecular Hbond substituents is 1. The first-order valence-electron chi connectivity index (χ1n) is 7.53. The summed E-state index contributed by atoms with van der Waals surface area (Å²) in [6.07, 6.45) is 1.59. The molecule has 2 N–H and O–H groups in total. The van der Waals surface area contributed by atoms with Gasteiger partial charge >= 0.3 is 5.97 Å². The highest BCUT2D eigenvalue weighted by molar-refractivity contribution is 8.18. The van der Waals surface area contributed by atoms with Gasteiger partial charge in [-0.2, -0.15) is 0 Å². The molecule has 1 heterocycles. The molecule has 5 nitrogen and oxygen atoms in total. The number of carbonyl (C=O) groups excluding carboxylic acids is 1. The van der Waals surface area contributed by atoms with E-state index in [1.807, 2.05) is 0 Å². The fourth-order valence-electron chi connectivity index (χ4n) is 2.31. The first-order valence-corrected chi connectivity index (χ1v) is 8.35. The van der Waals surface area contributed by atoms with Crippen molar-refractivity contribution in [1.29, 1.82) is 0 Å². The summed E-state index contributed by atoms with van der Waals surface area (Å²) in [6.45, 7) is 0. The number of aromatic hydroxyl groups is 1. The topological polar surface area (TPSA) is 79.1 Å². The number of thioether (sulfide) groups is 1. The Morgan fingerprint density at radius 1 is 1.19 bits per heavy atom. The van der Waals surface area contributed by atoms with Crippen molar-refractivity contribution in [1.82, 2.24) is 0 Å². The SMILES string of the molecule is COC(=O)C1=C(O)/C(=C\c2cccc(O)c2)SC1=Nc1ccccc1F. The van der Waals surface area contributed by atoms with Crippen LogP contribution in [0.15, 0.2) is 69.8 Å². The molecule has 0 unspecified atom stereocenters. The van der Waals surface area contributed by atoms with E-state index >= 15 is 0 Å². The number of hydrogen-bond donors (Lipinski definition) is 2. The number of methoxy groups -OCH3 is 1. The van der Waals surface area contributed by atoms with Gasteiger partial charge in [0.25, 0.3) is 0 Å². The molecule has 0 fully saturated rings. The van der Waals surface area contributed by atoms with Gasteiger partial charge in [-0.15, -0.1) is 0 Å². The predicted octanol–water partition coefficient (Wildman–Crippen LogP) is 4.33. The minimum Gasteiger partial charge on any atom is -0.508 e. The number of hydrogen-bond acceptors (Lipinski definition) is 6. The van der Waals surface area contributed by atoms with E-state index < -0.39 is 11.8 Å². The minimum atomic E-state index is -0.774. The molecule has 1 aliphatic rings. The van der Waals surface area contributed by atoms with Crippen LogP contribution in [-0.2, 0) is 9.53 Å². The molecule has 2 aromatic carbocycles. The highest BCUT2D eigenvalue weighted by Gasteiger charge is 2.33. The average molecular weight is 371 g/mol. The zero-order valence-corrected chi connectivity index (χ0v) is 14.5. The smallest absolute Gasteiger partial charge is 0.344 e. The van der Waals surface area contributed by atoms with Crippen LogP contribution < -0.4 is 0 Å². The summed E-state index contributed by atoms with van der Waals surface area (Å²) in [7, 11) is 1.19. The molecule has 0 bridgehead atoms. The number of para-hydroxylation sites is 1. The van der Waals surface area contributed by atoms with Gasteiger partial charge in [0.05, 0.1) is 12.0 Å². The highest BCUT2D eigenvalue weighted by Crippen LogP contribution is 2.40. The zero-order valence-electron chi connectivity index (χ0n) is 13.6.